The molecule has 17 heavy (non-hydrogen) atoms. The van der Waals surface area contributed by atoms with E-state index in [2.05, 4.69) is 48.0 Å². The predicted octanol–water partition coefficient (Wildman–Crippen LogP) is 3.25. The monoisotopic (exact) mass is 264 g/mol. The molecular weight excluding hydrogens is 252 g/mol. The molecule has 1 heterocycles. The van der Waals surface area contributed by atoms with Gasteiger partial charge >= 0.3 is 0 Å². The Bertz CT molecular complexity index is 554. The van der Waals surface area contributed by atoms with Crippen LogP contribution in [0.15, 0.2) is 64.4 Å². The fourth-order valence-electron chi connectivity index (χ4n) is 1.84. The van der Waals surface area contributed by atoms with Gasteiger partial charge in [-0.25, -0.2) is 5.84 Å². The second-order valence-electron chi connectivity index (χ2n) is 3.63. The lowest BCUT2D eigenvalue weighted by molar-refractivity contribution is 1.15. The molecule has 0 bridgehead atoms. The Hall–Kier alpha value is -1.29. The Morgan fingerprint density at radius 3 is 2.29 bits per heavy atom. The number of hydrogen-bond donors (Lipinski definition) is 1. The number of hydrazine groups is 1. The van der Waals surface area contributed by atoms with Crippen LogP contribution < -0.4 is 10.9 Å². The second kappa shape index (κ2) is 4.92. The zero-order chi connectivity index (χ0) is 11.0. The third-order valence-electron chi connectivity index (χ3n) is 2.60. The fourth-order valence-corrected chi connectivity index (χ4v) is 3.74. The Labute approximate surface area is 109 Å². The van der Waals surface area contributed by atoms with Gasteiger partial charge in [0, 0.05) is 9.79 Å². The largest absolute Gasteiger partial charge is 0.280 e. The fraction of sp³-hybridized carbons (Fsp3) is 0. The highest BCUT2D eigenvalue weighted by Gasteiger charge is 2.17. The molecule has 1 aliphatic heterocycles. The van der Waals surface area contributed by atoms with Crippen LogP contribution in [-0.2, 0) is 0 Å². The molecule has 1 unspecified atom stereocenters. The molecule has 0 amide bonds. The molecule has 0 fully saturated rings. The van der Waals surface area contributed by atoms with Crippen LogP contribution >= 0.6 is 22.9 Å². The summed E-state index contributed by atoms with van der Waals surface area (Å²) in [6.45, 7) is 0. The van der Waals surface area contributed by atoms with Gasteiger partial charge in [0.2, 0.25) is 0 Å². The topological polar surface area (TPSA) is 29.3 Å². The van der Waals surface area contributed by atoms with Crippen LogP contribution in [0, 0.1) is 0 Å². The Kier molecular flexibility index (Phi) is 3.52. The van der Waals surface area contributed by atoms with Gasteiger partial charge in [-0.05, 0) is 24.3 Å². The van der Waals surface area contributed by atoms with E-state index >= 15 is 0 Å². The van der Waals surface area contributed by atoms with Gasteiger partial charge < -0.3 is 0 Å². The first kappa shape index (κ1) is 12.2. The number of fused-ring (bicyclic) bond motifs is 1. The van der Waals surface area contributed by atoms with Crippen molar-refractivity contribution in [3.63, 3.8) is 0 Å². The van der Waals surface area contributed by atoms with E-state index in [0.29, 0.717) is 0 Å². The van der Waals surface area contributed by atoms with Crippen LogP contribution in [0.4, 0.5) is 5.69 Å². The number of nitrogens with two attached hydrogens (primary N) is 1. The van der Waals surface area contributed by atoms with Gasteiger partial charge in [-0.3, -0.25) is 5.01 Å². The molecule has 0 saturated heterocycles. The maximum atomic E-state index is 5.96. The molecule has 2 N–H and O–H groups in total. The van der Waals surface area contributed by atoms with Crippen LogP contribution in [0.2, 0.25) is 0 Å². The van der Waals surface area contributed by atoms with E-state index in [4.69, 9.17) is 5.84 Å². The van der Waals surface area contributed by atoms with Crippen molar-refractivity contribution in [2.24, 2.45) is 5.84 Å². The maximum absolute atomic E-state index is 5.96. The number of anilines is 1. The lowest BCUT2D eigenvalue weighted by Gasteiger charge is -2.08. The Morgan fingerprint density at radius 1 is 0.882 bits per heavy atom. The molecule has 2 aromatic rings. The highest BCUT2D eigenvalue weighted by molar-refractivity contribution is 8.15. The van der Waals surface area contributed by atoms with Crippen molar-refractivity contribution in [3.05, 3.63) is 54.6 Å². The summed E-state index contributed by atoms with van der Waals surface area (Å²) in [6, 6.07) is 18.8. The third kappa shape index (κ3) is 2.09. The van der Waals surface area contributed by atoms with Crippen molar-refractivity contribution < 1.29 is 0 Å². The summed E-state index contributed by atoms with van der Waals surface area (Å²) in [4.78, 5) is 2.61. The summed E-state index contributed by atoms with van der Waals surface area (Å²) in [5, 5.41) is 1.73. The molecule has 0 saturated carbocycles. The summed E-state index contributed by atoms with van der Waals surface area (Å²) in [5.41, 5.74) is 3.19. The molecule has 2 nitrogen and oxygen atoms in total. The first-order chi connectivity index (χ1) is 7.86. The maximum Gasteiger partial charge on any atom is 0.0709 e. The molecule has 1 atom stereocenters. The normalized spacial score (nSPS) is 17.0. The SMILES string of the molecule is Cl.NN1C=S(c2ccccc2)c2ccccc21. The van der Waals surface area contributed by atoms with Crippen LogP contribution in [-0.4, -0.2) is 5.49 Å². The molecule has 2 aromatic carbocycles. The highest BCUT2D eigenvalue weighted by atomic mass is 35.5. The molecule has 0 aliphatic carbocycles. The van der Waals surface area contributed by atoms with Crippen LogP contribution in [0.25, 0.3) is 0 Å². The Morgan fingerprint density at radius 2 is 1.53 bits per heavy atom. The minimum atomic E-state index is -0.0198. The molecule has 0 spiro atoms. The van der Waals surface area contributed by atoms with E-state index in [1.54, 1.807) is 5.01 Å². The van der Waals surface area contributed by atoms with Gasteiger partial charge in [0.1, 0.15) is 0 Å². The predicted molar refractivity (Wildman–Crippen MR) is 77.0 cm³/mol. The molecule has 88 valence electrons. The molecule has 4 heteroatoms. The van der Waals surface area contributed by atoms with Gasteiger partial charge in [0.15, 0.2) is 0 Å². The van der Waals surface area contributed by atoms with Crippen LogP contribution in [0.1, 0.15) is 0 Å². The summed E-state index contributed by atoms with van der Waals surface area (Å²) in [7, 11) is -0.0198. The standard InChI is InChI=1S/C13H12N2S.ClH/c14-15-10-16(11-6-2-1-3-7-11)13-9-5-4-8-12(13)15;/h1-10H,14H2;1H. The van der Waals surface area contributed by atoms with Crippen molar-refractivity contribution in [1.82, 2.24) is 0 Å². The first-order valence-corrected chi connectivity index (χ1v) is 6.41. The van der Waals surface area contributed by atoms with Gasteiger partial charge in [-0.1, -0.05) is 30.3 Å². The lowest BCUT2D eigenvalue weighted by atomic mass is 10.3. The van der Waals surface area contributed by atoms with Crippen LogP contribution in [0.5, 0.6) is 0 Å². The molecule has 0 radical (unpaired) electrons. The van der Waals surface area contributed by atoms with Crippen molar-refractivity contribution in [2.45, 2.75) is 9.79 Å². The minimum Gasteiger partial charge on any atom is -0.280 e. The van der Waals surface area contributed by atoms with Crippen molar-refractivity contribution in [2.75, 3.05) is 5.01 Å². The molecular formula is C13H13ClN2S. The van der Waals surface area contributed by atoms with Crippen LogP contribution in [0.3, 0.4) is 0 Å². The molecule has 1 aliphatic rings. The Balaban J connectivity index is 0.00000108. The number of nitrogens with zero attached hydrogens (tertiary/aromatic N) is 1. The van der Waals surface area contributed by atoms with Crippen molar-refractivity contribution >= 4 is 34.1 Å². The van der Waals surface area contributed by atoms with Gasteiger partial charge in [-0.15, -0.1) is 22.9 Å². The number of halogens is 1. The summed E-state index contributed by atoms with van der Waals surface area (Å²) in [6.07, 6.45) is 0. The zero-order valence-electron chi connectivity index (χ0n) is 9.11. The molecule has 0 aromatic heterocycles. The minimum absolute atomic E-state index is 0. The van der Waals surface area contributed by atoms with E-state index in [0.717, 1.165) is 5.69 Å². The average Bonchev–Trinajstić information content (AvgIpc) is 2.69. The van der Waals surface area contributed by atoms with Crippen molar-refractivity contribution in [3.8, 4) is 0 Å². The smallest absolute Gasteiger partial charge is 0.0709 e. The van der Waals surface area contributed by atoms with Gasteiger partial charge in [-0.2, -0.15) is 0 Å². The average molecular weight is 265 g/mol. The molecule has 3 rings (SSSR count). The van der Waals surface area contributed by atoms with Gasteiger partial charge in [0.25, 0.3) is 0 Å². The summed E-state index contributed by atoms with van der Waals surface area (Å²) in [5.74, 6) is 5.96. The van der Waals surface area contributed by atoms with E-state index < -0.39 is 0 Å². The zero-order valence-corrected chi connectivity index (χ0v) is 10.7. The number of benzene rings is 2. The summed E-state index contributed by atoms with van der Waals surface area (Å²) < 4.78 is 0. The van der Waals surface area contributed by atoms with Gasteiger partial charge in [0.05, 0.1) is 11.2 Å². The third-order valence-corrected chi connectivity index (χ3v) is 4.63. The second-order valence-corrected chi connectivity index (χ2v) is 5.43. The van der Waals surface area contributed by atoms with E-state index in [1.807, 2.05) is 12.1 Å². The highest BCUT2D eigenvalue weighted by Crippen LogP contribution is 2.44. The number of hydrogen-bond acceptors (Lipinski definition) is 2. The first-order valence-electron chi connectivity index (χ1n) is 5.12. The van der Waals surface area contributed by atoms with E-state index in [9.17, 15) is 0 Å². The van der Waals surface area contributed by atoms with Crippen molar-refractivity contribution in [1.29, 1.82) is 0 Å². The van der Waals surface area contributed by atoms with E-state index in [1.165, 1.54) is 9.79 Å². The summed E-state index contributed by atoms with van der Waals surface area (Å²) >= 11 is 0. The number of para-hydroxylation sites is 1. The lowest BCUT2D eigenvalue weighted by Crippen LogP contribution is -2.26. The number of rotatable bonds is 1. The van der Waals surface area contributed by atoms with E-state index in [-0.39, 0.29) is 22.9 Å². The quantitative estimate of drug-likeness (QED) is 0.633.